The SMILES string of the molecule is CC(C)C(=O)OC1(CCN(C)CCCc2nc3c(OC(F)(F)F)cccc3[nH]2)CC2CCC1C=C2c1ccccc1. The summed E-state index contributed by atoms with van der Waals surface area (Å²) >= 11 is 0. The quantitative estimate of drug-likeness (QED) is 0.248. The Morgan fingerprint density at radius 3 is 2.59 bits per heavy atom. The lowest BCUT2D eigenvalue weighted by atomic mass is 9.60. The molecule has 1 heterocycles. The largest absolute Gasteiger partial charge is 0.573 e. The van der Waals surface area contributed by atoms with Gasteiger partial charge in [0.2, 0.25) is 0 Å². The number of H-pyrrole nitrogens is 1. The van der Waals surface area contributed by atoms with E-state index in [0.29, 0.717) is 23.7 Å². The maximum atomic E-state index is 12.9. The Hall–Kier alpha value is -3.33. The second kappa shape index (κ2) is 11.9. The van der Waals surface area contributed by atoms with E-state index in [2.05, 4.69) is 57.0 Å². The number of carbonyl (C=O) groups is 1. The van der Waals surface area contributed by atoms with Gasteiger partial charge in [0, 0.05) is 25.3 Å². The first-order valence-corrected chi connectivity index (χ1v) is 14.4. The van der Waals surface area contributed by atoms with Gasteiger partial charge in [-0.15, -0.1) is 13.2 Å². The predicted molar refractivity (Wildman–Crippen MR) is 152 cm³/mol. The zero-order valence-electron chi connectivity index (χ0n) is 23.8. The maximum absolute atomic E-state index is 12.9. The molecule has 0 radical (unpaired) electrons. The van der Waals surface area contributed by atoms with Crippen molar-refractivity contribution in [2.45, 2.75) is 64.3 Å². The summed E-state index contributed by atoms with van der Waals surface area (Å²) in [6.07, 6.45) is 2.67. The summed E-state index contributed by atoms with van der Waals surface area (Å²) in [5, 5.41) is 0. The van der Waals surface area contributed by atoms with Crippen LogP contribution < -0.4 is 4.74 Å². The van der Waals surface area contributed by atoms with Crippen LogP contribution in [0.3, 0.4) is 0 Å². The molecule has 6 rings (SSSR count). The molecule has 41 heavy (non-hydrogen) atoms. The molecule has 1 aromatic heterocycles. The average molecular weight is 570 g/mol. The number of esters is 1. The zero-order chi connectivity index (χ0) is 29.2. The lowest BCUT2D eigenvalue weighted by molar-refractivity contribution is -0.274. The van der Waals surface area contributed by atoms with Crippen molar-refractivity contribution < 1.29 is 27.4 Å². The van der Waals surface area contributed by atoms with E-state index < -0.39 is 12.0 Å². The van der Waals surface area contributed by atoms with Crippen LogP contribution in [0, 0.1) is 17.8 Å². The molecular formula is C32H38F3N3O3. The van der Waals surface area contributed by atoms with E-state index in [-0.39, 0.29) is 29.1 Å². The van der Waals surface area contributed by atoms with Crippen molar-refractivity contribution in [1.82, 2.24) is 14.9 Å². The van der Waals surface area contributed by atoms with Gasteiger partial charge in [-0.2, -0.15) is 0 Å². The minimum Gasteiger partial charge on any atom is -0.458 e. The Kier molecular flexibility index (Phi) is 8.45. The highest BCUT2D eigenvalue weighted by atomic mass is 19.4. The Labute approximate surface area is 238 Å². The van der Waals surface area contributed by atoms with Crippen LogP contribution in [0.1, 0.15) is 57.3 Å². The van der Waals surface area contributed by atoms with E-state index in [4.69, 9.17) is 4.74 Å². The molecule has 0 saturated heterocycles. The molecule has 2 aromatic carbocycles. The molecule has 3 unspecified atom stereocenters. The number of imidazole rings is 1. The van der Waals surface area contributed by atoms with E-state index in [1.54, 1.807) is 6.07 Å². The minimum absolute atomic E-state index is 0.145. The van der Waals surface area contributed by atoms with E-state index in [1.807, 2.05) is 19.9 Å². The van der Waals surface area contributed by atoms with Gasteiger partial charge in [0.15, 0.2) is 5.75 Å². The third-order valence-electron chi connectivity index (χ3n) is 8.42. The third kappa shape index (κ3) is 6.77. The van der Waals surface area contributed by atoms with Gasteiger partial charge in [0.25, 0.3) is 0 Å². The number of nitrogens with zero attached hydrogens (tertiary/aromatic N) is 2. The standard InChI is InChI=1S/C32H38F3N3O3/c1-21(2)30(39)41-31(20-23-14-15-24(31)19-25(23)22-9-5-4-6-10-22)16-18-38(3)17-8-13-28-36-26-11-7-12-27(29(26)37-28)40-32(33,34)35/h4-7,9-12,19,21,23-24H,8,13-18,20H2,1-3H3,(H,36,37). The average Bonchev–Trinajstić information content (AvgIpc) is 3.36. The molecule has 2 bridgehead atoms. The van der Waals surface area contributed by atoms with E-state index in [0.717, 1.165) is 45.2 Å². The van der Waals surface area contributed by atoms with Gasteiger partial charge in [-0.25, -0.2) is 4.98 Å². The number of ether oxygens (including phenoxy) is 2. The number of hydrogen-bond acceptors (Lipinski definition) is 5. The fraction of sp³-hybridized carbons (Fsp3) is 0.500. The molecule has 220 valence electrons. The number of aryl methyl sites for hydroxylation is 1. The van der Waals surface area contributed by atoms with E-state index in [1.165, 1.54) is 23.3 Å². The number of rotatable bonds is 11. The molecule has 3 aliphatic carbocycles. The van der Waals surface area contributed by atoms with Gasteiger partial charge in [0.1, 0.15) is 16.9 Å². The Morgan fingerprint density at radius 1 is 1.12 bits per heavy atom. The summed E-state index contributed by atoms with van der Waals surface area (Å²) in [7, 11) is 2.05. The number of carbonyl (C=O) groups excluding carboxylic acids is 1. The van der Waals surface area contributed by atoms with Crippen LogP contribution in [-0.2, 0) is 16.0 Å². The number of alkyl halides is 3. The van der Waals surface area contributed by atoms with Crippen molar-refractivity contribution in [1.29, 1.82) is 0 Å². The van der Waals surface area contributed by atoms with Crippen LogP contribution in [0.4, 0.5) is 13.2 Å². The number of benzene rings is 2. The van der Waals surface area contributed by atoms with Crippen molar-refractivity contribution >= 4 is 22.6 Å². The Morgan fingerprint density at radius 2 is 1.90 bits per heavy atom. The second-order valence-corrected chi connectivity index (χ2v) is 11.8. The summed E-state index contributed by atoms with van der Waals surface area (Å²) in [5.41, 5.74) is 2.81. The summed E-state index contributed by atoms with van der Waals surface area (Å²) in [5.74, 6) is 0.538. The molecule has 6 nitrogen and oxygen atoms in total. The topological polar surface area (TPSA) is 67.4 Å². The number of nitrogens with one attached hydrogen (secondary N) is 1. The van der Waals surface area contributed by atoms with Crippen LogP contribution in [0.15, 0.2) is 54.6 Å². The van der Waals surface area contributed by atoms with Gasteiger partial charge in [-0.3, -0.25) is 4.79 Å². The number of para-hydroxylation sites is 1. The fourth-order valence-corrected chi connectivity index (χ4v) is 6.30. The first kappa shape index (κ1) is 29.2. The van der Waals surface area contributed by atoms with E-state index >= 15 is 0 Å². The molecule has 1 fully saturated rings. The monoisotopic (exact) mass is 569 g/mol. The molecule has 9 heteroatoms. The summed E-state index contributed by atoms with van der Waals surface area (Å²) in [6, 6.07) is 15.0. The lowest BCUT2D eigenvalue weighted by Crippen LogP contribution is -2.51. The third-order valence-corrected chi connectivity index (χ3v) is 8.42. The van der Waals surface area contributed by atoms with Gasteiger partial charge < -0.3 is 19.4 Å². The highest BCUT2D eigenvalue weighted by Crippen LogP contribution is 2.53. The molecule has 1 N–H and O–H groups in total. The molecule has 3 aromatic rings. The highest BCUT2D eigenvalue weighted by molar-refractivity contribution is 5.81. The Balaban J connectivity index is 1.22. The van der Waals surface area contributed by atoms with Crippen molar-refractivity contribution in [3.8, 4) is 5.75 Å². The maximum Gasteiger partial charge on any atom is 0.573 e. The molecule has 1 saturated carbocycles. The van der Waals surface area contributed by atoms with Crippen molar-refractivity contribution in [2.24, 2.45) is 17.8 Å². The molecule has 0 spiro atoms. The van der Waals surface area contributed by atoms with Gasteiger partial charge >= 0.3 is 12.3 Å². The summed E-state index contributed by atoms with van der Waals surface area (Å²) < 4.78 is 48.8. The number of halogens is 3. The van der Waals surface area contributed by atoms with Crippen LogP contribution in [-0.4, -0.2) is 52.9 Å². The first-order chi connectivity index (χ1) is 19.5. The van der Waals surface area contributed by atoms with Crippen molar-refractivity contribution in [3.05, 3.63) is 66.0 Å². The highest BCUT2D eigenvalue weighted by Gasteiger charge is 2.50. The molecule has 0 aliphatic heterocycles. The lowest BCUT2D eigenvalue weighted by Gasteiger charge is -2.50. The molecule has 3 atom stereocenters. The van der Waals surface area contributed by atoms with E-state index in [9.17, 15) is 18.0 Å². The van der Waals surface area contributed by atoms with Gasteiger partial charge in [-0.05, 0) is 68.5 Å². The van der Waals surface area contributed by atoms with Gasteiger partial charge in [0.05, 0.1) is 11.4 Å². The Bertz CT molecular complexity index is 1390. The van der Waals surface area contributed by atoms with Crippen LogP contribution >= 0.6 is 0 Å². The summed E-state index contributed by atoms with van der Waals surface area (Å²) in [4.78, 5) is 22.6. The van der Waals surface area contributed by atoms with Crippen molar-refractivity contribution in [3.63, 3.8) is 0 Å². The van der Waals surface area contributed by atoms with Crippen LogP contribution in [0.25, 0.3) is 16.6 Å². The predicted octanol–water partition coefficient (Wildman–Crippen LogP) is 7.17. The molecule has 0 amide bonds. The molecule has 3 aliphatic rings. The minimum atomic E-state index is -4.77. The molecular weight excluding hydrogens is 531 g/mol. The zero-order valence-corrected chi connectivity index (χ0v) is 23.8. The second-order valence-electron chi connectivity index (χ2n) is 11.8. The van der Waals surface area contributed by atoms with Gasteiger partial charge in [-0.1, -0.05) is 56.3 Å². The first-order valence-electron chi connectivity index (χ1n) is 14.4. The number of fused-ring (bicyclic) bond motifs is 3. The number of hydrogen-bond donors (Lipinski definition) is 1. The number of aromatic nitrogens is 2. The normalized spacial score (nSPS) is 22.4. The fourth-order valence-electron chi connectivity index (χ4n) is 6.30. The summed E-state index contributed by atoms with van der Waals surface area (Å²) in [6.45, 7) is 5.30. The van der Waals surface area contributed by atoms with Crippen LogP contribution in [0.5, 0.6) is 5.75 Å². The van der Waals surface area contributed by atoms with Crippen LogP contribution in [0.2, 0.25) is 0 Å². The smallest absolute Gasteiger partial charge is 0.458 e. The number of allylic oxidation sites excluding steroid dienone is 1. The number of aromatic amines is 1. The van der Waals surface area contributed by atoms with Crippen molar-refractivity contribution in [2.75, 3.05) is 20.1 Å².